The first kappa shape index (κ1) is 21.3. The van der Waals surface area contributed by atoms with E-state index in [1.54, 1.807) is 10.6 Å². The summed E-state index contributed by atoms with van der Waals surface area (Å²) in [5, 5.41) is 3.10. The molecule has 28 heavy (non-hydrogen) atoms. The fourth-order valence-corrected chi connectivity index (χ4v) is 4.31. The number of rotatable bonds is 6. The first-order chi connectivity index (χ1) is 13.2. The Balaban J connectivity index is 1.80. The number of hydrogen-bond donors (Lipinski definition) is 2. The van der Waals surface area contributed by atoms with Crippen LogP contribution >= 0.6 is 35.1 Å². The maximum atomic E-state index is 12.8. The van der Waals surface area contributed by atoms with Crippen LogP contribution in [0.4, 0.5) is 18.9 Å². The lowest BCUT2D eigenvalue weighted by molar-refractivity contribution is -0.341. The van der Waals surface area contributed by atoms with Crippen LogP contribution in [0.15, 0.2) is 23.2 Å². The van der Waals surface area contributed by atoms with E-state index in [9.17, 15) is 18.0 Å². The molecular weight excluding hydrogens is 440 g/mol. The summed E-state index contributed by atoms with van der Waals surface area (Å²) in [5.74, 6) is -0.443. The Hall–Kier alpha value is -1.46. The number of amides is 1. The topological polar surface area (TPSA) is 68.2 Å². The lowest BCUT2D eigenvalue weighted by Crippen LogP contribution is -2.30. The maximum Gasteiger partial charge on any atom is 0.524 e. The van der Waals surface area contributed by atoms with E-state index >= 15 is 0 Å². The second kappa shape index (κ2) is 8.50. The molecule has 1 atom stereocenters. The number of alkyl halides is 3. The maximum absolute atomic E-state index is 12.8. The molecule has 12 heteroatoms. The van der Waals surface area contributed by atoms with E-state index in [0.29, 0.717) is 23.5 Å². The first-order valence-corrected chi connectivity index (χ1v) is 9.73. The van der Waals surface area contributed by atoms with Gasteiger partial charge in [-0.05, 0) is 43.8 Å². The highest BCUT2D eigenvalue weighted by Crippen LogP contribution is 2.39. The SMILES string of the molecule is CC(NSc1c(Cl)c(C(=O)Nc2ccnc(Cl)c2)n2c1CCC2)OC(F)(F)F. The van der Waals surface area contributed by atoms with Crippen molar-refractivity contribution in [3.05, 3.63) is 39.9 Å². The number of hydrogen-bond acceptors (Lipinski definition) is 5. The Kier molecular flexibility index (Phi) is 6.45. The van der Waals surface area contributed by atoms with Crippen molar-refractivity contribution in [2.75, 3.05) is 5.32 Å². The summed E-state index contributed by atoms with van der Waals surface area (Å²) >= 11 is 13.1. The van der Waals surface area contributed by atoms with Crippen molar-refractivity contribution in [2.24, 2.45) is 0 Å². The quantitative estimate of drug-likeness (QED) is 0.370. The summed E-state index contributed by atoms with van der Waals surface area (Å²) in [7, 11) is 0. The predicted octanol–water partition coefficient (Wildman–Crippen LogP) is 4.87. The number of nitrogens with one attached hydrogen (secondary N) is 2. The summed E-state index contributed by atoms with van der Waals surface area (Å²) in [4.78, 5) is 17.1. The van der Waals surface area contributed by atoms with Crippen molar-refractivity contribution in [2.45, 2.75) is 43.8 Å². The summed E-state index contributed by atoms with van der Waals surface area (Å²) in [6.45, 7) is 1.82. The van der Waals surface area contributed by atoms with Crippen molar-refractivity contribution in [3.8, 4) is 0 Å². The lowest BCUT2D eigenvalue weighted by atomic mass is 10.3. The van der Waals surface area contributed by atoms with Crippen LogP contribution in [0, 0.1) is 0 Å². The van der Waals surface area contributed by atoms with Gasteiger partial charge in [0, 0.05) is 24.1 Å². The van der Waals surface area contributed by atoms with Gasteiger partial charge in [0.2, 0.25) is 0 Å². The Morgan fingerprint density at radius 2 is 2.18 bits per heavy atom. The third kappa shape index (κ3) is 4.93. The molecule has 0 fully saturated rings. The number of halogens is 5. The molecule has 152 valence electrons. The zero-order valence-corrected chi connectivity index (χ0v) is 16.8. The van der Waals surface area contributed by atoms with Crippen LogP contribution in [0.25, 0.3) is 0 Å². The summed E-state index contributed by atoms with van der Waals surface area (Å²) in [5.41, 5.74) is 1.49. The number of pyridine rings is 1. The molecule has 6 nitrogen and oxygen atoms in total. The molecule has 0 bridgehead atoms. The molecule has 1 aliphatic heterocycles. The molecule has 0 saturated heterocycles. The molecule has 3 rings (SSSR count). The first-order valence-electron chi connectivity index (χ1n) is 8.16. The van der Waals surface area contributed by atoms with Gasteiger partial charge in [-0.15, -0.1) is 13.2 Å². The molecule has 0 aliphatic carbocycles. The zero-order chi connectivity index (χ0) is 20.5. The average molecular weight is 455 g/mol. The van der Waals surface area contributed by atoms with Crippen LogP contribution in [0.5, 0.6) is 0 Å². The van der Waals surface area contributed by atoms with Gasteiger partial charge in [0.25, 0.3) is 5.91 Å². The van der Waals surface area contributed by atoms with Gasteiger partial charge in [0.05, 0.1) is 9.92 Å². The van der Waals surface area contributed by atoms with Gasteiger partial charge in [-0.1, -0.05) is 23.2 Å². The minimum atomic E-state index is -4.75. The van der Waals surface area contributed by atoms with Gasteiger partial charge in [-0.2, -0.15) is 0 Å². The van der Waals surface area contributed by atoms with Crippen LogP contribution in [0.3, 0.4) is 0 Å². The van der Waals surface area contributed by atoms with E-state index in [1.165, 1.54) is 19.2 Å². The van der Waals surface area contributed by atoms with Crippen LogP contribution in [-0.2, 0) is 17.7 Å². The second-order valence-corrected chi connectivity index (χ2v) is 7.55. The third-order valence-corrected chi connectivity index (χ3v) is 5.68. The molecule has 1 aliphatic rings. The normalized spacial score (nSPS) is 14.8. The molecular formula is C16H15Cl2F3N4O2S. The molecule has 0 aromatic carbocycles. The third-order valence-electron chi connectivity index (χ3n) is 3.90. The van der Waals surface area contributed by atoms with E-state index in [1.807, 2.05) is 0 Å². The van der Waals surface area contributed by atoms with Gasteiger partial charge >= 0.3 is 6.36 Å². The van der Waals surface area contributed by atoms with Crippen molar-refractivity contribution >= 4 is 46.7 Å². The number of aromatic nitrogens is 2. The van der Waals surface area contributed by atoms with Gasteiger partial charge < -0.3 is 9.88 Å². The molecule has 3 heterocycles. The van der Waals surface area contributed by atoms with Gasteiger partial charge in [-0.3, -0.25) is 9.53 Å². The molecule has 2 aromatic heterocycles. The van der Waals surface area contributed by atoms with Crippen LogP contribution in [0.1, 0.15) is 29.5 Å². The predicted molar refractivity (Wildman–Crippen MR) is 101 cm³/mol. The average Bonchev–Trinajstić information content (AvgIpc) is 3.11. The van der Waals surface area contributed by atoms with E-state index < -0.39 is 18.5 Å². The van der Waals surface area contributed by atoms with Crippen LogP contribution in [0.2, 0.25) is 10.2 Å². The van der Waals surface area contributed by atoms with E-state index in [-0.39, 0.29) is 15.9 Å². The van der Waals surface area contributed by atoms with Gasteiger partial charge in [-0.25, -0.2) is 9.71 Å². The van der Waals surface area contributed by atoms with E-state index in [0.717, 1.165) is 24.1 Å². The van der Waals surface area contributed by atoms with Gasteiger partial charge in [0.1, 0.15) is 17.1 Å². The number of carbonyl (C=O) groups excluding carboxylic acids is 1. The largest absolute Gasteiger partial charge is 0.524 e. The number of carbonyl (C=O) groups is 1. The minimum absolute atomic E-state index is 0.170. The molecule has 1 amide bonds. The highest BCUT2D eigenvalue weighted by atomic mass is 35.5. The van der Waals surface area contributed by atoms with Crippen molar-refractivity contribution < 1.29 is 22.7 Å². The molecule has 0 spiro atoms. The highest BCUT2D eigenvalue weighted by Gasteiger charge is 2.33. The molecule has 0 saturated carbocycles. The Morgan fingerprint density at radius 3 is 2.86 bits per heavy atom. The Morgan fingerprint density at radius 1 is 1.43 bits per heavy atom. The molecule has 2 N–H and O–H groups in total. The van der Waals surface area contributed by atoms with Crippen molar-refractivity contribution in [1.29, 1.82) is 0 Å². The van der Waals surface area contributed by atoms with Gasteiger partial charge in [0.15, 0.2) is 0 Å². The fraction of sp³-hybridized carbons (Fsp3) is 0.375. The number of anilines is 1. The fourth-order valence-electron chi connectivity index (χ4n) is 2.87. The molecule has 2 aromatic rings. The second-order valence-electron chi connectivity index (χ2n) is 5.94. The van der Waals surface area contributed by atoms with Crippen LogP contribution < -0.4 is 10.0 Å². The number of fused-ring (bicyclic) bond motifs is 1. The van der Waals surface area contributed by atoms with E-state index in [2.05, 4.69) is 19.8 Å². The highest BCUT2D eigenvalue weighted by molar-refractivity contribution is 7.97. The smallest absolute Gasteiger partial charge is 0.338 e. The molecule has 1 unspecified atom stereocenters. The number of nitrogens with zero attached hydrogens (tertiary/aromatic N) is 2. The monoisotopic (exact) mass is 454 g/mol. The van der Waals surface area contributed by atoms with Crippen LogP contribution in [-0.4, -0.2) is 28.0 Å². The van der Waals surface area contributed by atoms with E-state index in [4.69, 9.17) is 23.2 Å². The lowest BCUT2D eigenvalue weighted by Gasteiger charge is -2.16. The summed E-state index contributed by atoms with van der Waals surface area (Å²) in [6.07, 6.45) is -3.14. The zero-order valence-electron chi connectivity index (χ0n) is 14.4. The minimum Gasteiger partial charge on any atom is -0.338 e. The standard InChI is InChI=1S/C16H15Cl2F3N4O2S/c1-8(27-16(19,20)21)24-28-14-10-3-2-6-25(10)13(12(14)18)15(26)23-9-4-5-22-11(17)7-9/h4-5,7-8,24H,2-3,6H2,1H3,(H,22,23,26). The Bertz CT molecular complexity index is 892. The summed E-state index contributed by atoms with van der Waals surface area (Å²) in [6, 6.07) is 3.08. The van der Waals surface area contributed by atoms with Crippen molar-refractivity contribution in [1.82, 2.24) is 14.3 Å². The number of ether oxygens (including phenoxy) is 1. The summed E-state index contributed by atoms with van der Waals surface area (Å²) < 4.78 is 45.1. The molecule has 0 radical (unpaired) electrons. The Labute approximate surface area is 172 Å². The van der Waals surface area contributed by atoms with Crippen molar-refractivity contribution in [3.63, 3.8) is 0 Å².